The van der Waals surface area contributed by atoms with Crippen molar-refractivity contribution in [3.63, 3.8) is 0 Å². The molecule has 0 aliphatic rings. The van der Waals surface area contributed by atoms with E-state index in [4.69, 9.17) is 121 Å². The first-order chi connectivity index (χ1) is 64.8. The Hall–Kier alpha value is -13.8. The summed E-state index contributed by atoms with van der Waals surface area (Å²) >= 11 is 60.9. The number of phenols is 5. The number of imidazole rings is 5. The SMILES string of the molecule is CC(C)O.Oc1c(Cl)cc(Cl)cc1/C=C(\c1ccccc1)c1nc2ccccc2[nH]1.Oc1c(Cl)cc(Cl)cc1/C=C(\c1ccccc1)c1nc2ccccc2[nH]1.Oc1c(Cl)cc(Cl)cc1/C=C(\c1ccccc1)c1nc2ccccc2[nH]1.Oc1c(Cl)cc(Cl)cc1/C=C(\c1ccccc1)c1nc2ccccc2[nH]1.Oc1c(Cl)cc(Cl)cc1/C=C(\c1ccccc1)c1nc2ccccc2[nH]1. The molecule has 0 atom stereocenters. The number of fused-ring (bicyclic) bond motifs is 5. The van der Waals surface area contributed by atoms with Crippen molar-refractivity contribution in [2.75, 3.05) is 0 Å². The smallest absolute Gasteiger partial charge is 0.141 e. The molecule has 0 aliphatic heterocycles. The van der Waals surface area contributed by atoms with Crippen LogP contribution in [0.25, 0.3) is 113 Å². The van der Waals surface area contributed by atoms with Gasteiger partial charge in [-0.3, -0.25) is 0 Å². The molecular formula is C108H78Cl10N10O6. The predicted molar refractivity (Wildman–Crippen MR) is 556 cm³/mol. The number of H-pyrrole nitrogens is 5. The van der Waals surface area contributed by atoms with Gasteiger partial charge in [0.2, 0.25) is 0 Å². The number of aliphatic hydroxyl groups excluding tert-OH is 1. The van der Waals surface area contributed by atoms with Gasteiger partial charge in [-0.1, -0.05) is 328 Å². The highest BCUT2D eigenvalue weighted by atomic mass is 35.5. The maximum atomic E-state index is 10.3. The number of benzene rings is 15. The van der Waals surface area contributed by atoms with Crippen LogP contribution in [0.3, 0.4) is 0 Å². The van der Waals surface area contributed by atoms with E-state index in [0.717, 1.165) is 111 Å². The van der Waals surface area contributed by atoms with Crippen LogP contribution in [0.4, 0.5) is 0 Å². The van der Waals surface area contributed by atoms with Crippen LogP contribution < -0.4 is 0 Å². The van der Waals surface area contributed by atoms with Gasteiger partial charge in [-0.2, -0.15) is 0 Å². The Labute approximate surface area is 820 Å². The molecule has 11 N–H and O–H groups in total. The first-order valence-corrected chi connectivity index (χ1v) is 45.3. The van der Waals surface area contributed by atoms with Crippen molar-refractivity contribution in [2.45, 2.75) is 20.0 Å². The highest BCUT2D eigenvalue weighted by Gasteiger charge is 2.21. The molecule has 0 spiro atoms. The molecule has 0 saturated carbocycles. The van der Waals surface area contributed by atoms with Crippen LogP contribution in [0, 0.1) is 0 Å². The van der Waals surface area contributed by atoms with Crippen LogP contribution in [0.5, 0.6) is 28.7 Å². The molecule has 0 aliphatic carbocycles. The van der Waals surface area contributed by atoms with Gasteiger partial charge in [0, 0.05) is 86.9 Å². The van der Waals surface area contributed by atoms with Gasteiger partial charge in [0.05, 0.1) is 80.3 Å². The molecule has 20 rings (SSSR count). The minimum absolute atomic E-state index is 0.0133. The number of aromatic amines is 5. The Kier molecular flexibility index (Phi) is 31.3. The minimum Gasteiger partial charge on any atom is -0.506 e. The summed E-state index contributed by atoms with van der Waals surface area (Å²) < 4.78 is 0. The molecule has 5 heterocycles. The lowest BCUT2D eigenvalue weighted by atomic mass is 10.0. The van der Waals surface area contributed by atoms with E-state index < -0.39 is 0 Å². The van der Waals surface area contributed by atoms with E-state index in [1.165, 1.54) is 30.3 Å². The summed E-state index contributed by atoms with van der Waals surface area (Å²) in [4.78, 5) is 40.1. The maximum absolute atomic E-state index is 10.3. The lowest BCUT2D eigenvalue weighted by molar-refractivity contribution is 0.216. The van der Waals surface area contributed by atoms with Gasteiger partial charge in [0.25, 0.3) is 0 Å². The molecule has 666 valence electrons. The number of aromatic hydroxyl groups is 5. The van der Waals surface area contributed by atoms with E-state index in [-0.39, 0.29) is 60.0 Å². The van der Waals surface area contributed by atoms with E-state index in [0.29, 0.717) is 82.1 Å². The fraction of sp³-hybridized carbons (Fsp3) is 0.0278. The van der Waals surface area contributed by atoms with E-state index in [1.54, 1.807) is 44.2 Å². The van der Waals surface area contributed by atoms with Crippen molar-refractivity contribution in [1.29, 1.82) is 0 Å². The molecule has 0 radical (unpaired) electrons. The minimum atomic E-state index is -0.167. The van der Waals surface area contributed by atoms with Crippen molar-refractivity contribution >= 4 is 229 Å². The lowest BCUT2D eigenvalue weighted by Gasteiger charge is -2.08. The fourth-order valence-electron chi connectivity index (χ4n) is 14.2. The zero-order valence-electron chi connectivity index (χ0n) is 70.9. The molecule has 0 saturated heterocycles. The second-order valence-electron chi connectivity index (χ2n) is 30.4. The van der Waals surface area contributed by atoms with Gasteiger partial charge < -0.3 is 55.6 Å². The first-order valence-electron chi connectivity index (χ1n) is 41.5. The number of rotatable bonds is 15. The van der Waals surface area contributed by atoms with E-state index >= 15 is 0 Å². The van der Waals surface area contributed by atoms with Gasteiger partial charge in [-0.05, 0) is 193 Å². The Morgan fingerprint density at radius 3 is 0.515 bits per heavy atom. The number of para-hydroxylation sites is 10. The number of halogens is 10. The number of nitrogens with zero attached hydrogens (tertiary/aromatic N) is 5. The second-order valence-corrected chi connectivity index (χ2v) is 34.6. The molecular weight excluding hydrogens is 1890 g/mol. The van der Waals surface area contributed by atoms with Crippen LogP contribution in [0.1, 0.15) is 98.6 Å². The molecule has 20 aromatic rings. The normalized spacial score (nSPS) is 11.8. The zero-order chi connectivity index (χ0) is 94.1. The van der Waals surface area contributed by atoms with Crippen molar-refractivity contribution < 1.29 is 30.6 Å². The molecule has 134 heavy (non-hydrogen) atoms. The number of hydrogen-bond donors (Lipinski definition) is 11. The molecule has 15 aromatic carbocycles. The van der Waals surface area contributed by atoms with Crippen molar-refractivity contribution in [2.24, 2.45) is 0 Å². The molecule has 0 bridgehead atoms. The van der Waals surface area contributed by atoms with Crippen LogP contribution in [-0.4, -0.2) is 86.6 Å². The third-order valence-electron chi connectivity index (χ3n) is 20.4. The number of phenolic OH excluding ortho intramolecular Hbond substituents is 5. The van der Waals surface area contributed by atoms with E-state index in [2.05, 4.69) is 49.8 Å². The van der Waals surface area contributed by atoms with Gasteiger partial charge >= 0.3 is 0 Å². The number of nitrogens with one attached hydrogen (secondary N) is 5. The Morgan fingerprint density at radius 2 is 0.366 bits per heavy atom. The number of aromatic nitrogens is 10. The van der Waals surface area contributed by atoms with Crippen molar-refractivity contribution in [3.05, 3.63) is 469 Å². The summed E-state index contributed by atoms with van der Waals surface area (Å²) in [5.41, 5.74) is 20.7. The molecule has 16 nitrogen and oxygen atoms in total. The number of hydrogen-bond acceptors (Lipinski definition) is 11. The molecule has 5 aromatic heterocycles. The fourth-order valence-corrected chi connectivity index (χ4v) is 16.7. The van der Waals surface area contributed by atoms with Crippen LogP contribution in [-0.2, 0) is 0 Å². The topological polar surface area (TPSA) is 265 Å². The maximum Gasteiger partial charge on any atom is 0.141 e. The standard InChI is InChI=1S/5C21H14Cl2N2O.C3H8O/c5*22-15-10-14(20(26)17(23)12-15)11-16(13-6-2-1-3-7-13)21-24-18-8-4-5-9-19(18)25-21;1-3(2)4/h5*1-12,26H,(H,24,25);3-4H,1-2H3/b5*16-11+;. The first kappa shape index (κ1) is 94.8. The summed E-state index contributed by atoms with van der Waals surface area (Å²) in [6.45, 7) is 3.44. The highest BCUT2D eigenvalue weighted by molar-refractivity contribution is 6.38. The summed E-state index contributed by atoms with van der Waals surface area (Å²) in [7, 11) is 0. The summed E-state index contributed by atoms with van der Waals surface area (Å²) in [6.07, 6.45) is 9.00. The van der Waals surface area contributed by atoms with Crippen LogP contribution >= 0.6 is 116 Å². The van der Waals surface area contributed by atoms with Gasteiger partial charge in [-0.15, -0.1) is 0 Å². The van der Waals surface area contributed by atoms with E-state index in [1.807, 2.05) is 303 Å². The van der Waals surface area contributed by atoms with Crippen LogP contribution in [0.15, 0.2) is 334 Å². The summed E-state index contributed by atoms with van der Waals surface area (Å²) in [5, 5.41) is 63.1. The predicted octanol–water partition coefficient (Wildman–Crippen LogP) is 31.2. The van der Waals surface area contributed by atoms with Crippen LogP contribution in [0.2, 0.25) is 50.2 Å². The van der Waals surface area contributed by atoms with Gasteiger partial charge in [0.1, 0.15) is 57.9 Å². The van der Waals surface area contributed by atoms with E-state index in [9.17, 15) is 25.5 Å². The molecule has 0 fully saturated rings. The molecule has 26 heteroatoms. The Morgan fingerprint density at radius 1 is 0.224 bits per heavy atom. The monoisotopic (exact) mass is 1960 g/mol. The van der Waals surface area contributed by atoms with Crippen molar-refractivity contribution in [3.8, 4) is 28.7 Å². The summed E-state index contributed by atoms with van der Waals surface area (Å²) in [6, 6.07) is 104. The zero-order valence-corrected chi connectivity index (χ0v) is 78.5. The third-order valence-corrected chi connectivity index (χ3v) is 23.0. The average Bonchev–Trinajstić information content (AvgIpc) is 1.66. The lowest BCUT2D eigenvalue weighted by Crippen LogP contribution is -1.91. The number of aliphatic hydroxyl groups is 1. The Balaban J connectivity index is 0.000000126. The largest absolute Gasteiger partial charge is 0.506 e. The second kappa shape index (κ2) is 44.2. The quantitative estimate of drug-likeness (QED) is 0.0430. The average molecular weight is 1970 g/mol. The molecule has 0 amide bonds. The van der Waals surface area contributed by atoms with Crippen molar-refractivity contribution in [1.82, 2.24) is 49.8 Å². The third kappa shape index (κ3) is 23.8. The van der Waals surface area contributed by atoms with Gasteiger partial charge in [-0.25, -0.2) is 24.9 Å². The van der Waals surface area contributed by atoms with Gasteiger partial charge in [0.15, 0.2) is 0 Å². The summed E-state index contributed by atoms with van der Waals surface area (Å²) in [5.74, 6) is 3.44. The highest BCUT2D eigenvalue weighted by Crippen LogP contribution is 2.43. The molecule has 0 unspecified atom stereocenters. The Bertz CT molecular complexity index is 6540.